The predicted molar refractivity (Wildman–Crippen MR) is 103 cm³/mol. The van der Waals surface area contributed by atoms with Crippen molar-refractivity contribution < 1.29 is 28.5 Å². The summed E-state index contributed by atoms with van der Waals surface area (Å²) in [6.45, 7) is 9.05. The Morgan fingerprint density at radius 2 is 1.21 bits per heavy atom. The van der Waals surface area contributed by atoms with Gasteiger partial charge >= 0.3 is 11.9 Å². The van der Waals surface area contributed by atoms with Gasteiger partial charge in [-0.2, -0.15) is 0 Å². The zero-order valence-electron chi connectivity index (χ0n) is 17.2. The monoisotopic (exact) mass is 390 g/mol. The average molecular weight is 390 g/mol. The van der Waals surface area contributed by atoms with Gasteiger partial charge in [-0.15, -0.1) is 0 Å². The molecule has 2 heterocycles. The Balaban J connectivity index is 1.63. The van der Waals surface area contributed by atoms with Crippen molar-refractivity contribution in [1.29, 1.82) is 0 Å². The lowest BCUT2D eigenvalue weighted by Crippen LogP contribution is -2.31. The highest BCUT2D eigenvalue weighted by molar-refractivity contribution is 6.03. The third-order valence-electron chi connectivity index (χ3n) is 5.05. The summed E-state index contributed by atoms with van der Waals surface area (Å²) < 4.78 is 21.8. The normalized spacial score (nSPS) is 21.1. The zero-order valence-corrected chi connectivity index (χ0v) is 17.2. The Kier molecular flexibility index (Phi) is 6.10. The highest BCUT2D eigenvalue weighted by atomic mass is 16.6. The van der Waals surface area contributed by atoms with Crippen molar-refractivity contribution in [3.05, 3.63) is 35.4 Å². The van der Waals surface area contributed by atoms with Crippen LogP contribution in [-0.4, -0.2) is 48.6 Å². The molecular weight excluding hydrogens is 360 g/mol. The molecule has 6 nitrogen and oxygen atoms in total. The van der Waals surface area contributed by atoms with E-state index in [4.69, 9.17) is 18.9 Å². The van der Waals surface area contributed by atoms with E-state index in [-0.39, 0.29) is 23.3 Å². The lowest BCUT2D eigenvalue weighted by Gasteiger charge is -2.27. The van der Waals surface area contributed by atoms with Gasteiger partial charge in [0.25, 0.3) is 0 Å². The molecule has 2 aliphatic rings. The van der Waals surface area contributed by atoms with Gasteiger partial charge in [0.1, 0.15) is 11.2 Å². The molecule has 0 aromatic heterocycles. The first-order valence-corrected chi connectivity index (χ1v) is 9.94. The third-order valence-corrected chi connectivity index (χ3v) is 5.05. The van der Waals surface area contributed by atoms with Crippen LogP contribution in [0.1, 0.15) is 74.1 Å². The number of carbonyl (C=O) groups excluding carboxylic acids is 2. The van der Waals surface area contributed by atoms with Crippen LogP contribution in [0.4, 0.5) is 0 Å². The lowest BCUT2D eigenvalue weighted by molar-refractivity contribution is -0.0107. The molecule has 0 radical (unpaired) electrons. The van der Waals surface area contributed by atoms with Gasteiger partial charge in [-0.25, -0.2) is 9.59 Å². The minimum Gasteiger partial charge on any atom is -0.456 e. The van der Waals surface area contributed by atoms with Gasteiger partial charge < -0.3 is 18.9 Å². The molecule has 2 unspecified atom stereocenters. The van der Waals surface area contributed by atoms with E-state index in [2.05, 4.69) is 0 Å². The van der Waals surface area contributed by atoms with Gasteiger partial charge in [0.15, 0.2) is 0 Å². The quantitative estimate of drug-likeness (QED) is 0.445. The molecular formula is C22H30O6. The van der Waals surface area contributed by atoms with Crippen molar-refractivity contribution in [2.24, 2.45) is 0 Å². The van der Waals surface area contributed by atoms with E-state index in [1.807, 2.05) is 27.7 Å². The molecule has 2 saturated heterocycles. The summed E-state index contributed by atoms with van der Waals surface area (Å²) in [4.78, 5) is 25.5. The van der Waals surface area contributed by atoms with Crippen molar-refractivity contribution in [3.63, 3.8) is 0 Å². The topological polar surface area (TPSA) is 77.7 Å². The first-order chi connectivity index (χ1) is 13.2. The molecule has 0 N–H and O–H groups in total. The fourth-order valence-corrected chi connectivity index (χ4v) is 3.04. The second-order valence-corrected chi connectivity index (χ2v) is 8.83. The maximum atomic E-state index is 12.8. The number of carbonyl (C=O) groups is 2. The number of epoxide rings is 2. The molecule has 2 aliphatic heterocycles. The van der Waals surface area contributed by atoms with Crippen LogP contribution in [0.15, 0.2) is 24.3 Å². The standard InChI is InChI=1S/C22H30O6/c1-21(2,11-9-15-13-25-15)27-19(23)17-7-5-6-8-18(17)20(24)28-22(3,4)12-10-16-14-26-16/h5-8,15-16H,9-14H2,1-4H3. The van der Waals surface area contributed by atoms with E-state index >= 15 is 0 Å². The molecule has 6 heteroatoms. The largest absolute Gasteiger partial charge is 0.456 e. The van der Waals surface area contributed by atoms with Gasteiger partial charge in [-0.1, -0.05) is 12.1 Å². The molecule has 1 aromatic rings. The van der Waals surface area contributed by atoms with Gasteiger partial charge in [0.05, 0.1) is 36.5 Å². The van der Waals surface area contributed by atoms with Crippen LogP contribution in [0.2, 0.25) is 0 Å². The van der Waals surface area contributed by atoms with E-state index in [1.54, 1.807) is 24.3 Å². The highest BCUT2D eigenvalue weighted by Crippen LogP contribution is 2.27. The van der Waals surface area contributed by atoms with E-state index in [1.165, 1.54) is 0 Å². The van der Waals surface area contributed by atoms with E-state index in [9.17, 15) is 9.59 Å². The zero-order chi connectivity index (χ0) is 20.4. The van der Waals surface area contributed by atoms with Gasteiger partial charge in [-0.3, -0.25) is 0 Å². The third kappa shape index (κ3) is 6.31. The van der Waals surface area contributed by atoms with Crippen LogP contribution < -0.4 is 0 Å². The van der Waals surface area contributed by atoms with Crippen molar-refractivity contribution in [2.45, 2.75) is 76.8 Å². The fourth-order valence-electron chi connectivity index (χ4n) is 3.04. The first-order valence-electron chi connectivity index (χ1n) is 9.94. The minimum absolute atomic E-state index is 0.226. The summed E-state index contributed by atoms with van der Waals surface area (Å²) in [7, 11) is 0. The Morgan fingerprint density at radius 3 is 1.54 bits per heavy atom. The average Bonchev–Trinajstić information content (AvgIpc) is 3.52. The summed E-state index contributed by atoms with van der Waals surface area (Å²) in [6.07, 6.45) is 3.66. The second kappa shape index (κ2) is 8.21. The fraction of sp³-hybridized carbons (Fsp3) is 0.636. The lowest BCUT2D eigenvalue weighted by atomic mass is 10.00. The molecule has 1 aromatic carbocycles. The number of hydrogen-bond donors (Lipinski definition) is 0. The summed E-state index contributed by atoms with van der Waals surface area (Å²) in [5.74, 6) is -1.03. The van der Waals surface area contributed by atoms with E-state index in [0.29, 0.717) is 12.8 Å². The van der Waals surface area contributed by atoms with Crippen LogP contribution in [0, 0.1) is 0 Å². The SMILES string of the molecule is CC(C)(CCC1CO1)OC(=O)c1ccccc1C(=O)OC(C)(C)CCC1CO1. The Hall–Kier alpha value is -1.92. The summed E-state index contributed by atoms with van der Waals surface area (Å²) in [6, 6.07) is 6.63. The van der Waals surface area contributed by atoms with Crippen molar-refractivity contribution in [3.8, 4) is 0 Å². The molecule has 0 spiro atoms. The molecule has 0 amide bonds. The molecule has 2 atom stereocenters. The molecule has 2 fully saturated rings. The van der Waals surface area contributed by atoms with Crippen molar-refractivity contribution >= 4 is 11.9 Å². The Bertz CT molecular complexity index is 654. The predicted octanol–water partition coefficient (Wildman–Crippen LogP) is 3.92. The van der Waals surface area contributed by atoms with Gasteiger partial charge in [-0.05, 0) is 65.5 Å². The summed E-state index contributed by atoms with van der Waals surface area (Å²) >= 11 is 0. The van der Waals surface area contributed by atoms with E-state index in [0.717, 1.165) is 26.1 Å². The van der Waals surface area contributed by atoms with Crippen LogP contribution >= 0.6 is 0 Å². The molecule has 3 rings (SSSR count). The molecule has 0 bridgehead atoms. The second-order valence-electron chi connectivity index (χ2n) is 8.83. The number of benzene rings is 1. The van der Waals surface area contributed by atoms with Crippen LogP contribution in [0.5, 0.6) is 0 Å². The molecule has 154 valence electrons. The maximum Gasteiger partial charge on any atom is 0.339 e. The Morgan fingerprint density at radius 1 is 0.857 bits per heavy atom. The Labute approximate surface area is 166 Å². The highest BCUT2D eigenvalue weighted by Gasteiger charge is 2.33. The maximum absolute atomic E-state index is 12.8. The van der Waals surface area contributed by atoms with Gasteiger partial charge in [0, 0.05) is 0 Å². The van der Waals surface area contributed by atoms with Crippen molar-refractivity contribution in [1.82, 2.24) is 0 Å². The van der Waals surface area contributed by atoms with Crippen LogP contribution in [0.25, 0.3) is 0 Å². The number of rotatable bonds is 10. The minimum atomic E-state index is -0.635. The molecule has 0 saturated carbocycles. The smallest absolute Gasteiger partial charge is 0.339 e. The number of esters is 2. The molecule has 0 aliphatic carbocycles. The number of hydrogen-bond acceptors (Lipinski definition) is 6. The summed E-state index contributed by atoms with van der Waals surface area (Å²) in [5.41, 5.74) is -0.818. The van der Waals surface area contributed by atoms with E-state index < -0.39 is 23.1 Å². The molecule has 28 heavy (non-hydrogen) atoms. The number of ether oxygens (including phenoxy) is 4. The first kappa shape index (κ1) is 20.8. The van der Waals surface area contributed by atoms with Crippen molar-refractivity contribution in [2.75, 3.05) is 13.2 Å². The van der Waals surface area contributed by atoms with Crippen LogP contribution in [-0.2, 0) is 18.9 Å². The van der Waals surface area contributed by atoms with Crippen LogP contribution in [0.3, 0.4) is 0 Å². The summed E-state index contributed by atoms with van der Waals surface area (Å²) in [5, 5.41) is 0. The van der Waals surface area contributed by atoms with Gasteiger partial charge in [0.2, 0.25) is 0 Å².